The van der Waals surface area contributed by atoms with E-state index in [9.17, 15) is 0 Å². The second-order valence-electron chi connectivity index (χ2n) is 3.45. The minimum absolute atomic E-state index is 1.22. The van der Waals surface area contributed by atoms with Gasteiger partial charge in [0.05, 0.1) is 0 Å². The van der Waals surface area contributed by atoms with Gasteiger partial charge in [0.2, 0.25) is 0 Å². The van der Waals surface area contributed by atoms with Crippen molar-refractivity contribution in [1.29, 1.82) is 0 Å². The van der Waals surface area contributed by atoms with Crippen molar-refractivity contribution in [2.75, 3.05) is 5.75 Å². The maximum absolute atomic E-state index is 2.22. The van der Waals surface area contributed by atoms with Crippen LogP contribution in [0.25, 0.3) is 10.8 Å². The molecule has 0 aromatic heterocycles. The summed E-state index contributed by atoms with van der Waals surface area (Å²) in [4.78, 5) is 1.37. The van der Waals surface area contributed by atoms with E-state index < -0.39 is 0 Å². The molecule has 0 radical (unpaired) electrons. The van der Waals surface area contributed by atoms with E-state index in [-0.39, 0.29) is 0 Å². The van der Waals surface area contributed by atoms with Crippen LogP contribution < -0.4 is 0 Å². The van der Waals surface area contributed by atoms with E-state index in [2.05, 4.69) is 49.4 Å². The Labute approximate surface area is 108 Å². The zero-order valence-electron chi connectivity index (χ0n) is 9.18. The van der Waals surface area contributed by atoms with Crippen LogP contribution in [-0.4, -0.2) is 5.75 Å². The summed E-state index contributed by atoms with van der Waals surface area (Å²) in [5.41, 5.74) is 0. The summed E-state index contributed by atoms with van der Waals surface area (Å²) < 4.78 is 0. The Morgan fingerprint density at radius 3 is 2.69 bits per heavy atom. The van der Waals surface area contributed by atoms with Crippen molar-refractivity contribution in [2.45, 2.75) is 18.2 Å². The van der Waals surface area contributed by atoms with Gasteiger partial charge in [-0.05, 0) is 43.9 Å². The first-order valence-corrected chi connectivity index (χ1v) is 9.01. The summed E-state index contributed by atoms with van der Waals surface area (Å²) in [6.07, 6.45) is 1.24. The van der Waals surface area contributed by atoms with Gasteiger partial charge in [-0.2, -0.15) is 0 Å². The van der Waals surface area contributed by atoms with Gasteiger partial charge in [-0.15, -0.1) is 0 Å². The van der Waals surface area contributed by atoms with E-state index in [4.69, 9.17) is 0 Å². The highest BCUT2D eigenvalue weighted by Crippen LogP contribution is 2.42. The molecule has 16 heavy (non-hydrogen) atoms. The number of hydrogen-bond donors (Lipinski definition) is 0. The van der Waals surface area contributed by atoms with Gasteiger partial charge < -0.3 is 0 Å². The second kappa shape index (κ2) is 6.48. The zero-order valence-corrected chi connectivity index (χ0v) is 11.6. The van der Waals surface area contributed by atoms with E-state index in [1.54, 1.807) is 0 Å². The third-order valence-corrected chi connectivity index (χ3v) is 6.49. The molecule has 0 N–H and O–H groups in total. The SMILES string of the molecule is CCCSSSc1cccc2ccccc12. The largest absolute Gasteiger partial charge is 0.0822 e. The number of fused-ring (bicyclic) bond motifs is 1. The molecule has 0 fully saturated rings. The Bertz CT molecular complexity index is 448. The molecule has 2 aromatic carbocycles. The van der Waals surface area contributed by atoms with Crippen LogP contribution in [0.5, 0.6) is 0 Å². The van der Waals surface area contributed by atoms with Crippen molar-refractivity contribution in [3.8, 4) is 0 Å². The molecule has 0 atom stereocenters. The molecule has 0 nitrogen and oxygen atoms in total. The minimum Gasteiger partial charge on any atom is -0.0822 e. The number of rotatable bonds is 5. The van der Waals surface area contributed by atoms with Crippen molar-refractivity contribution in [3.63, 3.8) is 0 Å². The lowest BCUT2D eigenvalue weighted by molar-refractivity contribution is 1.11. The smallest absolute Gasteiger partial charge is 0.0269 e. The fraction of sp³-hybridized carbons (Fsp3) is 0.231. The molecule has 0 spiro atoms. The normalized spacial score (nSPS) is 10.8. The molecule has 0 saturated carbocycles. The van der Waals surface area contributed by atoms with Crippen molar-refractivity contribution in [3.05, 3.63) is 42.5 Å². The van der Waals surface area contributed by atoms with Crippen LogP contribution in [0, 0.1) is 0 Å². The summed E-state index contributed by atoms with van der Waals surface area (Å²) >= 11 is 0. The lowest BCUT2D eigenvalue weighted by Gasteiger charge is -2.04. The van der Waals surface area contributed by atoms with Crippen LogP contribution >= 0.6 is 31.4 Å². The Hall–Kier alpha value is -0.250. The monoisotopic (exact) mass is 266 g/mol. The molecule has 0 aliphatic heterocycles. The van der Waals surface area contributed by atoms with E-state index in [1.165, 1.54) is 27.8 Å². The lowest BCUT2D eigenvalue weighted by atomic mass is 10.1. The molecule has 84 valence electrons. The quantitative estimate of drug-likeness (QED) is 0.508. The van der Waals surface area contributed by atoms with Crippen LogP contribution in [0.1, 0.15) is 13.3 Å². The van der Waals surface area contributed by atoms with Gasteiger partial charge in [-0.1, -0.05) is 54.1 Å². The van der Waals surface area contributed by atoms with E-state index in [1.807, 2.05) is 31.4 Å². The van der Waals surface area contributed by atoms with Crippen LogP contribution in [-0.2, 0) is 0 Å². The summed E-state index contributed by atoms with van der Waals surface area (Å²) in [5, 5.41) is 2.69. The predicted molar refractivity (Wildman–Crippen MR) is 80.1 cm³/mol. The molecule has 0 saturated heterocycles. The highest BCUT2D eigenvalue weighted by molar-refractivity contribution is 9.09. The van der Waals surface area contributed by atoms with Crippen LogP contribution in [0.2, 0.25) is 0 Å². The maximum Gasteiger partial charge on any atom is 0.0269 e. The average molecular weight is 266 g/mol. The third kappa shape index (κ3) is 3.12. The molecule has 0 bridgehead atoms. The fourth-order valence-corrected chi connectivity index (χ4v) is 5.42. The van der Waals surface area contributed by atoms with Crippen LogP contribution in [0.3, 0.4) is 0 Å². The summed E-state index contributed by atoms with van der Waals surface area (Å²) in [6, 6.07) is 15.1. The molecule has 0 amide bonds. The number of hydrogen-bond acceptors (Lipinski definition) is 3. The molecule has 0 unspecified atom stereocenters. The first kappa shape index (κ1) is 12.2. The van der Waals surface area contributed by atoms with Crippen molar-refractivity contribution < 1.29 is 0 Å². The van der Waals surface area contributed by atoms with Crippen LogP contribution in [0.4, 0.5) is 0 Å². The van der Waals surface area contributed by atoms with Gasteiger partial charge in [-0.25, -0.2) is 0 Å². The first-order valence-electron chi connectivity index (χ1n) is 5.35. The summed E-state index contributed by atoms with van der Waals surface area (Å²) in [6.45, 7) is 2.22. The van der Waals surface area contributed by atoms with Crippen molar-refractivity contribution in [1.82, 2.24) is 0 Å². The van der Waals surface area contributed by atoms with Gasteiger partial charge in [0.25, 0.3) is 0 Å². The average Bonchev–Trinajstić information content (AvgIpc) is 2.35. The van der Waals surface area contributed by atoms with Gasteiger partial charge in [0.1, 0.15) is 0 Å². The van der Waals surface area contributed by atoms with E-state index in [0.29, 0.717) is 0 Å². The molecular weight excluding hydrogens is 252 g/mol. The molecule has 3 heteroatoms. The van der Waals surface area contributed by atoms with Gasteiger partial charge in [0, 0.05) is 10.6 Å². The zero-order chi connectivity index (χ0) is 11.2. The molecular formula is C13H14S3. The molecule has 0 heterocycles. The predicted octanol–water partition coefficient (Wildman–Crippen LogP) is 5.64. The Balaban J connectivity index is 2.11. The Morgan fingerprint density at radius 1 is 1.00 bits per heavy atom. The molecule has 0 aliphatic carbocycles. The van der Waals surface area contributed by atoms with Crippen molar-refractivity contribution >= 4 is 42.2 Å². The Morgan fingerprint density at radius 2 is 1.81 bits per heavy atom. The van der Waals surface area contributed by atoms with Gasteiger partial charge in [-0.3, -0.25) is 0 Å². The molecule has 2 rings (SSSR count). The second-order valence-corrected chi connectivity index (χ2v) is 7.68. The fourth-order valence-electron chi connectivity index (χ4n) is 1.45. The van der Waals surface area contributed by atoms with E-state index in [0.717, 1.165) is 0 Å². The Kier molecular flexibility index (Phi) is 4.94. The molecule has 2 aromatic rings. The third-order valence-electron chi connectivity index (χ3n) is 2.21. The van der Waals surface area contributed by atoms with Gasteiger partial charge >= 0.3 is 0 Å². The summed E-state index contributed by atoms with van der Waals surface area (Å²) in [7, 11) is 5.68. The maximum atomic E-state index is 2.22. The molecule has 0 aliphatic rings. The topological polar surface area (TPSA) is 0 Å². The standard InChI is InChI=1S/C13H14S3/c1-2-10-14-16-15-13-9-5-7-11-6-3-4-8-12(11)13/h3-9H,2,10H2,1H3. The highest BCUT2D eigenvalue weighted by atomic mass is 33.5. The van der Waals surface area contributed by atoms with Crippen molar-refractivity contribution in [2.24, 2.45) is 0 Å². The van der Waals surface area contributed by atoms with E-state index >= 15 is 0 Å². The van der Waals surface area contributed by atoms with Gasteiger partial charge in [0.15, 0.2) is 0 Å². The van der Waals surface area contributed by atoms with Crippen LogP contribution in [0.15, 0.2) is 47.4 Å². The highest BCUT2D eigenvalue weighted by Gasteiger charge is 2.01. The number of benzene rings is 2. The summed E-state index contributed by atoms with van der Waals surface area (Å²) in [5.74, 6) is 1.22. The minimum atomic E-state index is 1.22. The lowest BCUT2D eigenvalue weighted by Crippen LogP contribution is -1.74. The first-order chi connectivity index (χ1) is 7.92.